The second kappa shape index (κ2) is 5.33. The molecule has 0 aromatic heterocycles. The van der Waals surface area contributed by atoms with Crippen molar-refractivity contribution in [2.45, 2.75) is 38.8 Å². The topological polar surface area (TPSA) is 36.3 Å². The molecule has 0 amide bonds. The van der Waals surface area contributed by atoms with Gasteiger partial charge in [-0.1, -0.05) is 6.92 Å². The first kappa shape index (κ1) is 14.7. The van der Waals surface area contributed by atoms with Gasteiger partial charge in [-0.3, -0.25) is 0 Å². The Hall–Kier alpha value is -1.74. The summed E-state index contributed by atoms with van der Waals surface area (Å²) < 4.78 is 44.5. The highest BCUT2D eigenvalue weighted by Crippen LogP contribution is 2.36. The highest BCUT2D eigenvalue weighted by atomic mass is 19.4. The SMILES string of the molecule is CC[C@@H]1CN(c2ccc(C#N)c(C(F)(F)F)c2)[C@H](C)O1. The number of nitriles is 1. The van der Waals surface area contributed by atoms with E-state index in [9.17, 15) is 13.2 Å². The Kier molecular flexibility index (Phi) is 3.91. The van der Waals surface area contributed by atoms with E-state index < -0.39 is 11.7 Å². The molecule has 0 unspecified atom stereocenters. The molecule has 1 aromatic rings. The molecule has 0 bridgehead atoms. The standard InChI is InChI=1S/C14H15F3N2O/c1-3-12-8-19(9(2)20-12)11-5-4-10(7-18)13(6-11)14(15,16)17/h4-6,9,12H,3,8H2,1-2H3/t9-,12+/m0/s1. The first-order chi connectivity index (χ1) is 9.36. The molecule has 2 rings (SSSR count). The van der Waals surface area contributed by atoms with Gasteiger partial charge in [0, 0.05) is 12.2 Å². The summed E-state index contributed by atoms with van der Waals surface area (Å²) in [6.07, 6.45) is -3.97. The Labute approximate surface area is 115 Å². The van der Waals surface area contributed by atoms with Crippen molar-refractivity contribution in [1.29, 1.82) is 5.26 Å². The number of anilines is 1. The number of hydrogen-bond donors (Lipinski definition) is 0. The van der Waals surface area contributed by atoms with Crippen LogP contribution in [0.3, 0.4) is 0 Å². The molecule has 6 heteroatoms. The van der Waals surface area contributed by atoms with E-state index in [2.05, 4.69) is 0 Å². The third-order valence-electron chi connectivity index (χ3n) is 3.44. The van der Waals surface area contributed by atoms with Crippen LogP contribution in [0.1, 0.15) is 31.4 Å². The number of ether oxygens (including phenoxy) is 1. The highest BCUT2D eigenvalue weighted by Gasteiger charge is 2.35. The second-order valence-electron chi connectivity index (χ2n) is 4.76. The largest absolute Gasteiger partial charge is 0.417 e. The lowest BCUT2D eigenvalue weighted by Gasteiger charge is -2.23. The lowest BCUT2D eigenvalue weighted by Crippen LogP contribution is -2.28. The number of rotatable bonds is 2. The number of hydrogen-bond acceptors (Lipinski definition) is 3. The lowest BCUT2D eigenvalue weighted by molar-refractivity contribution is -0.137. The number of nitrogens with zero attached hydrogens (tertiary/aromatic N) is 2. The van der Waals surface area contributed by atoms with Gasteiger partial charge in [-0.25, -0.2) is 0 Å². The van der Waals surface area contributed by atoms with Crippen molar-refractivity contribution in [3.05, 3.63) is 29.3 Å². The molecule has 0 saturated carbocycles. The summed E-state index contributed by atoms with van der Waals surface area (Å²) in [5, 5.41) is 8.78. The zero-order chi connectivity index (χ0) is 14.9. The first-order valence-electron chi connectivity index (χ1n) is 6.40. The van der Waals surface area contributed by atoms with Gasteiger partial charge in [-0.15, -0.1) is 0 Å². The van der Waals surface area contributed by atoms with Gasteiger partial charge in [0.1, 0.15) is 6.23 Å². The van der Waals surface area contributed by atoms with Gasteiger partial charge in [0.15, 0.2) is 0 Å². The Balaban J connectivity index is 2.38. The van der Waals surface area contributed by atoms with Gasteiger partial charge in [0.2, 0.25) is 0 Å². The Bertz CT molecular complexity index is 536. The van der Waals surface area contributed by atoms with Gasteiger partial charge in [0.25, 0.3) is 0 Å². The molecule has 1 saturated heterocycles. The molecule has 0 N–H and O–H groups in total. The van der Waals surface area contributed by atoms with E-state index >= 15 is 0 Å². The minimum Gasteiger partial charge on any atom is -0.354 e. The van der Waals surface area contributed by atoms with Crippen LogP contribution in [-0.4, -0.2) is 18.9 Å². The van der Waals surface area contributed by atoms with Crippen molar-refractivity contribution in [1.82, 2.24) is 0 Å². The third-order valence-corrected chi connectivity index (χ3v) is 3.44. The maximum Gasteiger partial charge on any atom is 0.417 e. The molecule has 20 heavy (non-hydrogen) atoms. The summed E-state index contributed by atoms with van der Waals surface area (Å²) in [6.45, 7) is 4.34. The fraction of sp³-hybridized carbons (Fsp3) is 0.500. The summed E-state index contributed by atoms with van der Waals surface area (Å²) in [7, 11) is 0. The molecule has 2 atom stereocenters. The number of alkyl halides is 3. The van der Waals surface area contributed by atoms with Crippen LogP contribution >= 0.6 is 0 Å². The van der Waals surface area contributed by atoms with E-state index in [1.807, 2.05) is 6.92 Å². The van der Waals surface area contributed by atoms with Crippen molar-refractivity contribution < 1.29 is 17.9 Å². The first-order valence-corrected chi connectivity index (χ1v) is 6.40. The predicted octanol–water partition coefficient (Wildman–Crippen LogP) is 3.54. The molecule has 3 nitrogen and oxygen atoms in total. The van der Waals surface area contributed by atoms with E-state index in [0.717, 1.165) is 12.5 Å². The molecule has 1 heterocycles. The smallest absolute Gasteiger partial charge is 0.354 e. The van der Waals surface area contributed by atoms with E-state index in [1.54, 1.807) is 17.9 Å². The fourth-order valence-electron chi connectivity index (χ4n) is 2.35. The van der Waals surface area contributed by atoms with Gasteiger partial charge < -0.3 is 9.64 Å². The van der Waals surface area contributed by atoms with Crippen LogP contribution in [-0.2, 0) is 10.9 Å². The van der Waals surface area contributed by atoms with Crippen LogP contribution in [0, 0.1) is 11.3 Å². The van der Waals surface area contributed by atoms with E-state index in [4.69, 9.17) is 10.00 Å². The van der Waals surface area contributed by atoms with Crippen LogP contribution in [0.5, 0.6) is 0 Å². The highest BCUT2D eigenvalue weighted by molar-refractivity contribution is 5.55. The quantitative estimate of drug-likeness (QED) is 0.833. The average Bonchev–Trinajstić information content (AvgIpc) is 2.78. The van der Waals surface area contributed by atoms with Crippen molar-refractivity contribution >= 4 is 5.69 Å². The summed E-state index contributed by atoms with van der Waals surface area (Å²) >= 11 is 0. The molecular formula is C14H15F3N2O. The predicted molar refractivity (Wildman–Crippen MR) is 68.1 cm³/mol. The van der Waals surface area contributed by atoms with Crippen LogP contribution in [0.2, 0.25) is 0 Å². The lowest BCUT2D eigenvalue weighted by atomic mass is 10.1. The van der Waals surface area contributed by atoms with Crippen molar-refractivity contribution in [3.8, 4) is 6.07 Å². The minimum atomic E-state index is -4.53. The number of halogens is 3. The molecule has 1 aliphatic heterocycles. The monoisotopic (exact) mass is 284 g/mol. The molecule has 0 aliphatic carbocycles. The van der Waals surface area contributed by atoms with Crippen LogP contribution < -0.4 is 4.90 Å². The van der Waals surface area contributed by atoms with E-state index in [0.29, 0.717) is 12.2 Å². The summed E-state index contributed by atoms with van der Waals surface area (Å²) in [5.74, 6) is 0. The van der Waals surface area contributed by atoms with Crippen LogP contribution in [0.25, 0.3) is 0 Å². The Morgan fingerprint density at radius 3 is 2.65 bits per heavy atom. The molecule has 1 aliphatic rings. The Morgan fingerprint density at radius 2 is 2.15 bits per heavy atom. The zero-order valence-corrected chi connectivity index (χ0v) is 11.2. The van der Waals surface area contributed by atoms with Gasteiger partial charge in [-0.05, 0) is 31.5 Å². The molecule has 0 spiro atoms. The zero-order valence-electron chi connectivity index (χ0n) is 11.2. The maximum absolute atomic E-state index is 12.9. The molecule has 1 fully saturated rings. The summed E-state index contributed by atoms with van der Waals surface area (Å²) in [5.41, 5.74) is -0.828. The van der Waals surface area contributed by atoms with Crippen molar-refractivity contribution in [2.24, 2.45) is 0 Å². The summed E-state index contributed by atoms with van der Waals surface area (Å²) in [4.78, 5) is 1.78. The molecular weight excluding hydrogens is 269 g/mol. The van der Waals surface area contributed by atoms with E-state index in [-0.39, 0.29) is 17.9 Å². The van der Waals surface area contributed by atoms with Gasteiger partial charge in [0.05, 0.1) is 23.3 Å². The molecule has 1 aromatic carbocycles. The van der Waals surface area contributed by atoms with Crippen molar-refractivity contribution in [2.75, 3.05) is 11.4 Å². The normalized spacial score (nSPS) is 22.9. The van der Waals surface area contributed by atoms with Crippen LogP contribution in [0.4, 0.5) is 18.9 Å². The van der Waals surface area contributed by atoms with E-state index in [1.165, 1.54) is 12.1 Å². The maximum atomic E-state index is 12.9. The molecule has 108 valence electrons. The minimum absolute atomic E-state index is 0.0231. The van der Waals surface area contributed by atoms with Crippen molar-refractivity contribution in [3.63, 3.8) is 0 Å². The Morgan fingerprint density at radius 1 is 1.45 bits per heavy atom. The van der Waals surface area contributed by atoms with Crippen LogP contribution in [0.15, 0.2) is 18.2 Å². The van der Waals surface area contributed by atoms with Gasteiger partial charge >= 0.3 is 6.18 Å². The second-order valence-corrected chi connectivity index (χ2v) is 4.76. The summed E-state index contributed by atoms with van der Waals surface area (Å²) in [6, 6.07) is 5.35. The van der Waals surface area contributed by atoms with Gasteiger partial charge in [-0.2, -0.15) is 18.4 Å². The average molecular weight is 284 g/mol. The molecule has 0 radical (unpaired) electrons. The fourth-order valence-corrected chi connectivity index (χ4v) is 2.35. The third kappa shape index (κ3) is 2.73. The number of benzene rings is 1.